The van der Waals surface area contributed by atoms with Gasteiger partial charge < -0.3 is 14.6 Å². The van der Waals surface area contributed by atoms with Crippen LogP contribution in [-0.2, 0) is 14.3 Å². The van der Waals surface area contributed by atoms with Crippen molar-refractivity contribution in [1.29, 1.82) is 0 Å². The van der Waals surface area contributed by atoms with Crippen molar-refractivity contribution in [1.82, 2.24) is 0 Å². The molecule has 0 saturated carbocycles. The van der Waals surface area contributed by atoms with E-state index in [1.165, 1.54) is 11.8 Å². The number of thioether (sulfide) groups is 1. The molecule has 1 N–H and O–H groups in total. The summed E-state index contributed by atoms with van der Waals surface area (Å²) in [4.78, 5) is 24.1. The molecule has 0 aliphatic carbocycles. The van der Waals surface area contributed by atoms with Crippen molar-refractivity contribution in [3.05, 3.63) is 35.4 Å². The maximum atomic E-state index is 12.2. The normalized spacial score (nSPS) is 13.4. The molecule has 25 heavy (non-hydrogen) atoms. The lowest BCUT2D eigenvalue weighted by atomic mass is 10.0. The Balaban J connectivity index is 2.41. The first-order valence-corrected chi connectivity index (χ1v) is 9.51. The molecule has 0 aliphatic heterocycles. The van der Waals surface area contributed by atoms with Crippen LogP contribution >= 0.6 is 11.8 Å². The molecule has 1 atom stereocenters. The highest BCUT2D eigenvalue weighted by Crippen LogP contribution is 2.29. The third-order valence-electron chi connectivity index (χ3n) is 3.98. The molecule has 1 rings (SSSR count). The summed E-state index contributed by atoms with van der Waals surface area (Å²) in [6, 6.07) is 7.30. The van der Waals surface area contributed by atoms with E-state index in [1.54, 1.807) is 19.1 Å². The molecule has 0 aromatic heterocycles. The average Bonchev–Trinajstić information content (AvgIpc) is 2.62. The summed E-state index contributed by atoms with van der Waals surface area (Å²) in [6.07, 6.45) is 0.596. The Hall–Kier alpha value is -1.53. The second-order valence-corrected chi connectivity index (χ2v) is 7.80. The van der Waals surface area contributed by atoms with E-state index in [2.05, 4.69) is 13.8 Å². The van der Waals surface area contributed by atoms with Gasteiger partial charge in [-0.2, -0.15) is 0 Å². The van der Waals surface area contributed by atoms with Crippen LogP contribution in [0, 0.1) is 0 Å². The molecule has 1 aromatic rings. The van der Waals surface area contributed by atoms with Crippen molar-refractivity contribution in [3.63, 3.8) is 0 Å². The van der Waals surface area contributed by atoms with Gasteiger partial charge in [-0.25, -0.2) is 4.79 Å². The molecule has 6 heteroatoms. The highest BCUT2D eigenvalue weighted by Gasteiger charge is 2.33. The zero-order chi connectivity index (χ0) is 18.9. The number of carbonyl (C=O) groups is 2. The van der Waals surface area contributed by atoms with E-state index in [-0.39, 0.29) is 25.8 Å². The second kappa shape index (κ2) is 10.5. The lowest BCUT2D eigenvalue weighted by Crippen LogP contribution is -2.34. The van der Waals surface area contributed by atoms with Crippen molar-refractivity contribution in [2.45, 2.75) is 44.8 Å². The molecule has 0 spiro atoms. The molecular weight excluding hydrogens is 340 g/mol. The Kier molecular flexibility index (Phi) is 9.00. The lowest BCUT2D eigenvalue weighted by Gasteiger charge is -2.24. The Morgan fingerprint density at radius 1 is 1.16 bits per heavy atom. The summed E-state index contributed by atoms with van der Waals surface area (Å²) in [5, 5.41) is 8.91. The van der Waals surface area contributed by atoms with E-state index in [4.69, 9.17) is 14.6 Å². The first-order valence-electron chi connectivity index (χ1n) is 8.53. The van der Waals surface area contributed by atoms with Crippen LogP contribution in [0.1, 0.15) is 56.0 Å². The molecular formula is C19H28O5S. The predicted molar refractivity (Wildman–Crippen MR) is 100 cm³/mol. The number of rotatable bonds is 10. The molecule has 0 saturated heterocycles. The van der Waals surface area contributed by atoms with Gasteiger partial charge in [0.2, 0.25) is 0 Å². The molecule has 140 valence electrons. The Morgan fingerprint density at radius 2 is 1.76 bits per heavy atom. The quantitative estimate of drug-likeness (QED) is 0.504. The molecule has 0 bridgehead atoms. The summed E-state index contributed by atoms with van der Waals surface area (Å²) in [5.74, 6) is 0.0898. The number of benzene rings is 1. The number of aliphatic hydroxyl groups is 1. The zero-order valence-electron chi connectivity index (χ0n) is 15.4. The van der Waals surface area contributed by atoms with Crippen LogP contribution in [0.2, 0.25) is 0 Å². The van der Waals surface area contributed by atoms with Crippen LogP contribution in [0.15, 0.2) is 24.3 Å². The van der Waals surface area contributed by atoms with Crippen molar-refractivity contribution in [3.8, 4) is 0 Å². The molecule has 0 heterocycles. The Morgan fingerprint density at radius 3 is 2.28 bits per heavy atom. The summed E-state index contributed by atoms with van der Waals surface area (Å²) in [6.45, 7) is 7.91. The molecule has 5 nitrogen and oxygen atoms in total. The number of hydrogen-bond donors (Lipinski definition) is 1. The number of hydrogen-bond acceptors (Lipinski definition) is 6. The van der Waals surface area contributed by atoms with Gasteiger partial charge in [-0.05, 0) is 37.0 Å². The molecule has 0 radical (unpaired) electrons. The van der Waals surface area contributed by atoms with Gasteiger partial charge in [0.25, 0.3) is 0 Å². The fraction of sp³-hybridized carbons (Fsp3) is 0.579. The maximum Gasteiger partial charge on any atom is 0.338 e. The van der Waals surface area contributed by atoms with Crippen LogP contribution in [0.25, 0.3) is 0 Å². The van der Waals surface area contributed by atoms with E-state index in [1.807, 2.05) is 19.1 Å². The summed E-state index contributed by atoms with van der Waals surface area (Å²) >= 11 is 1.36. The van der Waals surface area contributed by atoms with Crippen LogP contribution in [0.5, 0.6) is 0 Å². The Labute approximate surface area is 154 Å². The summed E-state index contributed by atoms with van der Waals surface area (Å²) in [5.41, 5.74) is 1.64. The molecule has 1 aromatic carbocycles. The standard InChI is InChI=1S/C19H28O5S/c1-5-19(4,25-13-10-20)18(22)24-12-11-23-17(21)16-8-6-15(7-9-16)14(2)3/h6-9,14,20H,5,10-13H2,1-4H3. The minimum atomic E-state index is -0.695. The fourth-order valence-corrected chi connectivity index (χ4v) is 3.01. The predicted octanol–water partition coefficient (Wildman–Crippen LogP) is 3.40. The van der Waals surface area contributed by atoms with Crippen LogP contribution in [-0.4, -0.2) is 47.4 Å². The molecule has 0 fully saturated rings. The van der Waals surface area contributed by atoms with Gasteiger partial charge in [0.1, 0.15) is 18.0 Å². The summed E-state index contributed by atoms with van der Waals surface area (Å²) in [7, 11) is 0. The SMILES string of the molecule is CCC(C)(SCCO)C(=O)OCCOC(=O)c1ccc(C(C)C)cc1. The Bertz CT molecular complexity index is 555. The number of aliphatic hydroxyl groups excluding tert-OH is 1. The fourth-order valence-electron chi connectivity index (χ4n) is 2.09. The average molecular weight is 368 g/mol. The van der Waals surface area contributed by atoms with E-state index in [9.17, 15) is 9.59 Å². The first kappa shape index (κ1) is 21.5. The number of esters is 2. The van der Waals surface area contributed by atoms with Gasteiger partial charge in [0.05, 0.1) is 12.2 Å². The van der Waals surface area contributed by atoms with Gasteiger partial charge in [-0.15, -0.1) is 11.8 Å². The van der Waals surface area contributed by atoms with Gasteiger partial charge in [0.15, 0.2) is 0 Å². The van der Waals surface area contributed by atoms with Crippen molar-refractivity contribution >= 4 is 23.7 Å². The van der Waals surface area contributed by atoms with E-state index >= 15 is 0 Å². The highest BCUT2D eigenvalue weighted by atomic mass is 32.2. The maximum absolute atomic E-state index is 12.2. The topological polar surface area (TPSA) is 72.8 Å². The lowest BCUT2D eigenvalue weighted by molar-refractivity contribution is -0.147. The largest absolute Gasteiger partial charge is 0.461 e. The van der Waals surface area contributed by atoms with Crippen LogP contribution in [0.4, 0.5) is 0 Å². The smallest absolute Gasteiger partial charge is 0.338 e. The minimum absolute atomic E-state index is 0.0146. The van der Waals surface area contributed by atoms with Gasteiger partial charge in [0, 0.05) is 5.75 Å². The minimum Gasteiger partial charge on any atom is -0.461 e. The molecule has 1 unspecified atom stereocenters. The molecule has 0 aliphatic rings. The van der Waals surface area contributed by atoms with Crippen molar-refractivity contribution < 1.29 is 24.2 Å². The van der Waals surface area contributed by atoms with E-state index < -0.39 is 10.7 Å². The highest BCUT2D eigenvalue weighted by molar-refractivity contribution is 8.01. The van der Waals surface area contributed by atoms with Crippen molar-refractivity contribution in [2.75, 3.05) is 25.6 Å². The summed E-state index contributed by atoms with van der Waals surface area (Å²) < 4.78 is 9.66. The van der Waals surface area contributed by atoms with E-state index in [0.29, 0.717) is 23.7 Å². The van der Waals surface area contributed by atoms with Crippen LogP contribution < -0.4 is 0 Å². The van der Waals surface area contributed by atoms with Crippen LogP contribution in [0.3, 0.4) is 0 Å². The second-order valence-electron chi connectivity index (χ2n) is 6.21. The zero-order valence-corrected chi connectivity index (χ0v) is 16.2. The third-order valence-corrected chi connectivity index (χ3v) is 5.46. The third kappa shape index (κ3) is 6.71. The van der Waals surface area contributed by atoms with E-state index in [0.717, 1.165) is 5.56 Å². The van der Waals surface area contributed by atoms with Gasteiger partial charge in [-0.3, -0.25) is 4.79 Å². The monoisotopic (exact) mass is 368 g/mol. The van der Waals surface area contributed by atoms with Gasteiger partial charge in [-0.1, -0.05) is 32.9 Å². The number of ether oxygens (including phenoxy) is 2. The van der Waals surface area contributed by atoms with Crippen molar-refractivity contribution in [2.24, 2.45) is 0 Å². The van der Waals surface area contributed by atoms with Gasteiger partial charge >= 0.3 is 11.9 Å². The number of carbonyl (C=O) groups excluding carboxylic acids is 2. The first-order chi connectivity index (χ1) is 11.8. The molecule has 0 amide bonds.